The Morgan fingerprint density at radius 1 is 1.33 bits per heavy atom. The molecule has 2 aromatic rings. The number of carbonyl (C=O) groups excluding carboxylic acids is 1. The number of hydrogen-bond donors (Lipinski definition) is 2. The van der Waals surface area contributed by atoms with Gasteiger partial charge in [0, 0.05) is 31.5 Å². The van der Waals surface area contributed by atoms with Crippen molar-refractivity contribution in [1.29, 1.82) is 0 Å². The lowest BCUT2D eigenvalue weighted by Crippen LogP contribution is -2.33. The Labute approximate surface area is 147 Å². The van der Waals surface area contributed by atoms with Crippen molar-refractivity contribution in [3.05, 3.63) is 40.9 Å². The number of anilines is 2. The fourth-order valence-corrected chi connectivity index (χ4v) is 3.11. The molecule has 0 aliphatic rings. The molecule has 0 aliphatic carbocycles. The quantitative estimate of drug-likeness (QED) is 0.807. The second kappa shape index (κ2) is 8.37. The Hall–Kier alpha value is -1.76. The van der Waals surface area contributed by atoms with Crippen LogP contribution in [0.1, 0.15) is 32.0 Å². The molecule has 0 spiro atoms. The summed E-state index contributed by atoms with van der Waals surface area (Å²) in [7, 11) is 0. The van der Waals surface area contributed by atoms with Gasteiger partial charge in [0.1, 0.15) is 0 Å². The molecule has 2 N–H and O–H groups in total. The molecule has 2 unspecified atom stereocenters. The number of amides is 1. The van der Waals surface area contributed by atoms with Crippen LogP contribution in [0.25, 0.3) is 0 Å². The minimum absolute atomic E-state index is 0.0602. The summed E-state index contributed by atoms with van der Waals surface area (Å²) in [4.78, 5) is 18.3. The van der Waals surface area contributed by atoms with Crippen molar-refractivity contribution < 1.29 is 9.90 Å². The van der Waals surface area contributed by atoms with E-state index >= 15 is 0 Å². The van der Waals surface area contributed by atoms with Gasteiger partial charge in [-0.3, -0.25) is 9.69 Å². The summed E-state index contributed by atoms with van der Waals surface area (Å²) in [5, 5.41) is 15.2. The van der Waals surface area contributed by atoms with Crippen LogP contribution in [0.3, 0.4) is 0 Å². The van der Waals surface area contributed by atoms with E-state index in [4.69, 9.17) is 0 Å². The molecule has 0 fully saturated rings. The molecule has 0 bridgehead atoms. The Bertz CT molecular complexity index is 669. The number of hydrogen-bond acceptors (Lipinski definition) is 5. The number of benzene rings is 1. The zero-order valence-electron chi connectivity index (χ0n) is 14.6. The Morgan fingerprint density at radius 3 is 2.58 bits per heavy atom. The highest BCUT2D eigenvalue weighted by Crippen LogP contribution is 2.29. The second-order valence-electron chi connectivity index (χ2n) is 6.14. The SMILES string of the molecule is CC(=O)N(c1ccc(C)cc1)c1nc(CNC(C)C(C)CO)cs1. The van der Waals surface area contributed by atoms with Crippen molar-refractivity contribution in [2.75, 3.05) is 11.5 Å². The van der Waals surface area contributed by atoms with Crippen LogP contribution in [0.2, 0.25) is 0 Å². The van der Waals surface area contributed by atoms with Crippen LogP contribution in [0.4, 0.5) is 10.8 Å². The lowest BCUT2D eigenvalue weighted by atomic mass is 10.1. The van der Waals surface area contributed by atoms with Crippen molar-refractivity contribution in [2.45, 2.75) is 40.3 Å². The minimum atomic E-state index is -0.0602. The van der Waals surface area contributed by atoms with Gasteiger partial charge in [-0.05, 0) is 31.9 Å². The first-order valence-electron chi connectivity index (χ1n) is 8.08. The molecule has 0 saturated carbocycles. The minimum Gasteiger partial charge on any atom is -0.396 e. The van der Waals surface area contributed by atoms with E-state index in [1.54, 1.807) is 11.8 Å². The summed E-state index contributed by atoms with van der Waals surface area (Å²) in [6.07, 6.45) is 0. The number of aliphatic hydroxyl groups is 1. The maximum atomic E-state index is 12.1. The molecule has 0 radical (unpaired) electrons. The molecule has 130 valence electrons. The van der Waals surface area contributed by atoms with E-state index in [-0.39, 0.29) is 24.5 Å². The number of nitrogens with one attached hydrogen (secondary N) is 1. The first-order valence-corrected chi connectivity index (χ1v) is 8.96. The molecule has 5 nitrogen and oxygen atoms in total. The summed E-state index contributed by atoms with van der Waals surface area (Å²) in [5.74, 6) is 0.124. The molecule has 6 heteroatoms. The van der Waals surface area contributed by atoms with Crippen LogP contribution >= 0.6 is 11.3 Å². The summed E-state index contributed by atoms with van der Waals surface area (Å²) >= 11 is 1.46. The van der Waals surface area contributed by atoms with Gasteiger partial charge in [-0.2, -0.15) is 0 Å². The normalized spacial score (nSPS) is 13.5. The first-order chi connectivity index (χ1) is 11.4. The molecule has 0 aliphatic heterocycles. The van der Waals surface area contributed by atoms with E-state index in [1.807, 2.05) is 50.4 Å². The fraction of sp³-hybridized carbons (Fsp3) is 0.444. The van der Waals surface area contributed by atoms with Gasteiger partial charge >= 0.3 is 0 Å². The highest BCUT2D eigenvalue weighted by Gasteiger charge is 2.18. The topological polar surface area (TPSA) is 65.5 Å². The van der Waals surface area contributed by atoms with Crippen molar-refractivity contribution in [1.82, 2.24) is 10.3 Å². The number of aliphatic hydroxyl groups excluding tert-OH is 1. The largest absolute Gasteiger partial charge is 0.396 e. The summed E-state index contributed by atoms with van der Waals surface area (Å²) in [6.45, 7) is 8.37. The highest BCUT2D eigenvalue weighted by molar-refractivity contribution is 7.14. The third-order valence-corrected chi connectivity index (χ3v) is 4.96. The number of thiazole rings is 1. The molecular formula is C18H25N3O2S. The van der Waals surface area contributed by atoms with Crippen molar-refractivity contribution >= 4 is 28.1 Å². The average Bonchev–Trinajstić information content (AvgIpc) is 3.02. The van der Waals surface area contributed by atoms with E-state index in [1.165, 1.54) is 11.3 Å². The Morgan fingerprint density at radius 2 is 2.00 bits per heavy atom. The monoisotopic (exact) mass is 347 g/mol. The van der Waals surface area contributed by atoms with Gasteiger partial charge in [0.15, 0.2) is 5.13 Å². The van der Waals surface area contributed by atoms with E-state index in [0.29, 0.717) is 11.7 Å². The summed E-state index contributed by atoms with van der Waals surface area (Å²) < 4.78 is 0. The van der Waals surface area contributed by atoms with E-state index in [9.17, 15) is 9.90 Å². The number of aromatic nitrogens is 1. The fourth-order valence-electron chi connectivity index (χ4n) is 2.23. The van der Waals surface area contributed by atoms with Crippen molar-refractivity contribution in [3.8, 4) is 0 Å². The number of nitrogens with zero attached hydrogens (tertiary/aromatic N) is 2. The van der Waals surface area contributed by atoms with Crippen LogP contribution in [0.15, 0.2) is 29.6 Å². The molecule has 0 saturated heterocycles. The summed E-state index contributed by atoms with van der Waals surface area (Å²) in [6, 6.07) is 8.03. The molecule has 1 heterocycles. The Balaban J connectivity index is 2.11. The molecule has 1 amide bonds. The number of aryl methyl sites for hydroxylation is 1. The van der Waals surface area contributed by atoms with Gasteiger partial charge in [0.05, 0.1) is 11.4 Å². The Kier molecular flexibility index (Phi) is 6.48. The third-order valence-electron chi connectivity index (χ3n) is 4.08. The molecular weight excluding hydrogens is 322 g/mol. The maximum absolute atomic E-state index is 12.1. The van der Waals surface area contributed by atoms with Crippen LogP contribution in [-0.2, 0) is 11.3 Å². The highest BCUT2D eigenvalue weighted by atomic mass is 32.1. The average molecular weight is 347 g/mol. The lowest BCUT2D eigenvalue weighted by Gasteiger charge is -2.19. The van der Waals surface area contributed by atoms with Gasteiger partial charge < -0.3 is 10.4 Å². The summed E-state index contributed by atoms with van der Waals surface area (Å²) in [5.41, 5.74) is 2.87. The van der Waals surface area contributed by atoms with E-state index in [2.05, 4.69) is 10.3 Å². The third kappa shape index (κ3) is 4.63. The number of carbonyl (C=O) groups is 1. The molecule has 2 rings (SSSR count). The van der Waals surface area contributed by atoms with Crippen LogP contribution in [0, 0.1) is 12.8 Å². The maximum Gasteiger partial charge on any atom is 0.230 e. The predicted octanol–water partition coefficient (Wildman–Crippen LogP) is 3.24. The van der Waals surface area contributed by atoms with Gasteiger partial charge in [-0.25, -0.2) is 4.98 Å². The predicted molar refractivity (Wildman–Crippen MR) is 98.7 cm³/mol. The van der Waals surface area contributed by atoms with Crippen LogP contribution in [-0.4, -0.2) is 28.6 Å². The first kappa shape index (κ1) is 18.6. The van der Waals surface area contributed by atoms with Crippen LogP contribution in [0.5, 0.6) is 0 Å². The van der Waals surface area contributed by atoms with Gasteiger partial charge in [-0.15, -0.1) is 11.3 Å². The van der Waals surface area contributed by atoms with Gasteiger partial charge in [0.25, 0.3) is 0 Å². The zero-order chi connectivity index (χ0) is 17.7. The van der Waals surface area contributed by atoms with Gasteiger partial charge in [0.2, 0.25) is 5.91 Å². The second-order valence-corrected chi connectivity index (χ2v) is 6.98. The van der Waals surface area contributed by atoms with Crippen molar-refractivity contribution in [3.63, 3.8) is 0 Å². The standard InChI is InChI=1S/C18H25N3O2S/c1-12-5-7-17(8-6-12)21(15(4)23)18-20-16(11-24-18)9-19-14(3)13(2)10-22/h5-8,11,13-14,19,22H,9-10H2,1-4H3. The molecule has 24 heavy (non-hydrogen) atoms. The molecule has 1 aromatic heterocycles. The zero-order valence-corrected chi connectivity index (χ0v) is 15.4. The van der Waals surface area contributed by atoms with E-state index < -0.39 is 0 Å². The molecule has 1 aromatic carbocycles. The van der Waals surface area contributed by atoms with Crippen molar-refractivity contribution in [2.24, 2.45) is 5.92 Å². The lowest BCUT2D eigenvalue weighted by molar-refractivity contribution is -0.115. The van der Waals surface area contributed by atoms with Crippen LogP contribution < -0.4 is 10.2 Å². The smallest absolute Gasteiger partial charge is 0.230 e. The van der Waals surface area contributed by atoms with E-state index in [0.717, 1.165) is 16.9 Å². The van der Waals surface area contributed by atoms with Gasteiger partial charge in [-0.1, -0.05) is 24.6 Å². The molecule has 2 atom stereocenters. The number of rotatable bonds is 7.